The summed E-state index contributed by atoms with van der Waals surface area (Å²) in [5.74, 6) is 0.222. The van der Waals surface area contributed by atoms with Gasteiger partial charge in [-0.05, 0) is 30.5 Å². The quantitative estimate of drug-likeness (QED) is 0.735. The second-order valence-electron chi connectivity index (χ2n) is 8.14. The summed E-state index contributed by atoms with van der Waals surface area (Å²) in [6.45, 7) is 8.20. The van der Waals surface area contributed by atoms with Crippen LogP contribution in [0.25, 0.3) is 0 Å². The molecule has 1 amide bonds. The zero-order valence-corrected chi connectivity index (χ0v) is 16.9. The minimum atomic E-state index is 0.180. The summed E-state index contributed by atoms with van der Waals surface area (Å²) in [6.07, 6.45) is 2.95. The number of para-hydroxylation sites is 1. The number of piperazine rings is 1. The van der Waals surface area contributed by atoms with Crippen molar-refractivity contribution in [2.45, 2.75) is 38.3 Å². The number of carbonyl (C=O) groups excluding carboxylic acids is 1. The number of carbonyl (C=O) groups is 1. The molecule has 4 rings (SSSR count). The lowest BCUT2D eigenvalue weighted by Gasteiger charge is -2.41. The third-order valence-corrected chi connectivity index (χ3v) is 6.24. The monoisotopic (exact) mass is 377 g/mol. The molecule has 1 saturated heterocycles. The van der Waals surface area contributed by atoms with Crippen molar-refractivity contribution in [3.63, 3.8) is 0 Å². The van der Waals surface area contributed by atoms with Crippen molar-refractivity contribution in [3.8, 4) is 0 Å². The number of anilines is 1. The van der Waals surface area contributed by atoms with Gasteiger partial charge in [0.05, 0.1) is 0 Å². The Morgan fingerprint density at radius 1 is 0.929 bits per heavy atom. The fraction of sp³-hybridized carbons (Fsp3) is 0.458. The number of nitrogens with zero attached hydrogens (tertiary/aromatic N) is 3. The Bertz CT molecular complexity index is 765. The van der Waals surface area contributed by atoms with Crippen molar-refractivity contribution in [2.75, 3.05) is 37.6 Å². The summed E-state index contributed by atoms with van der Waals surface area (Å²) < 4.78 is 0. The molecular formula is C24H31N3O. The maximum Gasteiger partial charge on any atom is 0.226 e. The third kappa shape index (κ3) is 4.29. The second kappa shape index (κ2) is 8.46. The van der Waals surface area contributed by atoms with E-state index in [0.717, 1.165) is 45.0 Å². The molecule has 28 heavy (non-hydrogen) atoms. The molecular weight excluding hydrogens is 346 g/mol. The normalized spacial score (nSPS) is 19.3. The van der Waals surface area contributed by atoms with Crippen molar-refractivity contribution in [2.24, 2.45) is 0 Å². The van der Waals surface area contributed by atoms with Gasteiger partial charge in [-0.1, -0.05) is 55.5 Å². The fourth-order valence-corrected chi connectivity index (χ4v) is 4.36. The van der Waals surface area contributed by atoms with Gasteiger partial charge >= 0.3 is 0 Å². The molecule has 2 aliphatic rings. The van der Waals surface area contributed by atoms with E-state index in [9.17, 15) is 4.79 Å². The molecule has 0 bridgehead atoms. The van der Waals surface area contributed by atoms with E-state index in [1.165, 1.54) is 18.4 Å². The lowest BCUT2D eigenvalue weighted by atomic mass is 10.1. The van der Waals surface area contributed by atoms with Gasteiger partial charge in [0, 0.05) is 56.9 Å². The first-order valence-corrected chi connectivity index (χ1v) is 10.6. The summed E-state index contributed by atoms with van der Waals surface area (Å²) in [7, 11) is 0. The van der Waals surface area contributed by atoms with Gasteiger partial charge < -0.3 is 4.90 Å². The van der Waals surface area contributed by atoms with Crippen LogP contribution in [0.3, 0.4) is 0 Å². The van der Waals surface area contributed by atoms with E-state index in [1.807, 2.05) is 30.0 Å². The minimum Gasteiger partial charge on any atom is -0.311 e. The summed E-state index contributed by atoms with van der Waals surface area (Å²) in [5, 5.41) is 0. The van der Waals surface area contributed by atoms with Gasteiger partial charge in [-0.15, -0.1) is 0 Å². The number of hydrogen-bond donors (Lipinski definition) is 0. The molecule has 148 valence electrons. The van der Waals surface area contributed by atoms with Gasteiger partial charge in [-0.25, -0.2) is 0 Å². The SMILES string of the molecule is CCC(=O)N(CC1(N2CCN(Cc3ccccc3)CC2)CC1)c1ccccc1. The van der Waals surface area contributed by atoms with E-state index >= 15 is 0 Å². The minimum absolute atomic E-state index is 0.180. The molecule has 4 nitrogen and oxygen atoms in total. The Morgan fingerprint density at radius 2 is 1.54 bits per heavy atom. The topological polar surface area (TPSA) is 26.8 Å². The van der Waals surface area contributed by atoms with Crippen molar-refractivity contribution in [1.29, 1.82) is 0 Å². The molecule has 4 heteroatoms. The Morgan fingerprint density at radius 3 is 2.11 bits per heavy atom. The zero-order chi connectivity index (χ0) is 19.4. The van der Waals surface area contributed by atoms with Gasteiger partial charge in [-0.2, -0.15) is 0 Å². The molecule has 0 aromatic heterocycles. The van der Waals surface area contributed by atoms with Crippen molar-refractivity contribution < 1.29 is 4.79 Å². The molecule has 0 N–H and O–H groups in total. The highest BCUT2D eigenvalue weighted by molar-refractivity contribution is 5.93. The largest absolute Gasteiger partial charge is 0.311 e. The number of benzene rings is 2. The highest BCUT2D eigenvalue weighted by Crippen LogP contribution is 2.43. The van der Waals surface area contributed by atoms with Crippen LogP contribution in [0, 0.1) is 0 Å². The van der Waals surface area contributed by atoms with Crippen LogP contribution in [0.4, 0.5) is 5.69 Å². The maximum absolute atomic E-state index is 12.7. The van der Waals surface area contributed by atoms with Crippen LogP contribution in [0.1, 0.15) is 31.7 Å². The van der Waals surface area contributed by atoms with Gasteiger partial charge in [0.1, 0.15) is 0 Å². The van der Waals surface area contributed by atoms with E-state index < -0.39 is 0 Å². The predicted molar refractivity (Wildman–Crippen MR) is 114 cm³/mol. The van der Waals surface area contributed by atoms with Crippen LogP contribution in [-0.4, -0.2) is 54.0 Å². The van der Waals surface area contributed by atoms with Crippen molar-refractivity contribution in [3.05, 3.63) is 66.2 Å². The standard InChI is InChI=1S/C24H31N3O/c1-2-23(28)27(22-11-7-4-8-12-22)20-24(13-14-24)26-17-15-25(16-18-26)19-21-9-5-3-6-10-21/h3-12H,2,13-20H2,1H3. The summed E-state index contributed by atoms with van der Waals surface area (Å²) in [5.41, 5.74) is 2.60. The first kappa shape index (κ1) is 19.2. The highest BCUT2D eigenvalue weighted by Gasteiger charge is 2.50. The molecule has 0 atom stereocenters. The molecule has 2 fully saturated rings. The molecule has 2 aromatic carbocycles. The molecule has 2 aromatic rings. The van der Waals surface area contributed by atoms with Crippen LogP contribution in [0.15, 0.2) is 60.7 Å². The van der Waals surface area contributed by atoms with Crippen LogP contribution < -0.4 is 4.90 Å². The van der Waals surface area contributed by atoms with Crippen LogP contribution in [-0.2, 0) is 11.3 Å². The molecule has 1 heterocycles. The number of rotatable bonds is 7. The average Bonchev–Trinajstić information content (AvgIpc) is 3.54. The van der Waals surface area contributed by atoms with Gasteiger partial charge in [0.15, 0.2) is 0 Å². The summed E-state index contributed by atoms with van der Waals surface area (Å²) in [6, 6.07) is 20.9. The summed E-state index contributed by atoms with van der Waals surface area (Å²) >= 11 is 0. The van der Waals surface area contributed by atoms with E-state index in [2.05, 4.69) is 52.3 Å². The first-order valence-electron chi connectivity index (χ1n) is 10.6. The molecule has 1 aliphatic carbocycles. The van der Waals surface area contributed by atoms with Gasteiger partial charge in [0.2, 0.25) is 5.91 Å². The predicted octanol–water partition coefficient (Wildman–Crippen LogP) is 3.78. The number of amides is 1. The Balaban J connectivity index is 1.38. The van der Waals surface area contributed by atoms with Crippen LogP contribution in [0.2, 0.25) is 0 Å². The maximum atomic E-state index is 12.7. The van der Waals surface area contributed by atoms with E-state index in [0.29, 0.717) is 6.42 Å². The Hall–Kier alpha value is -2.17. The van der Waals surface area contributed by atoms with Crippen LogP contribution in [0.5, 0.6) is 0 Å². The van der Waals surface area contributed by atoms with E-state index in [1.54, 1.807) is 0 Å². The summed E-state index contributed by atoms with van der Waals surface area (Å²) in [4.78, 5) is 19.9. The lowest BCUT2D eigenvalue weighted by molar-refractivity contribution is -0.118. The fourth-order valence-electron chi connectivity index (χ4n) is 4.36. The zero-order valence-electron chi connectivity index (χ0n) is 16.9. The van der Waals surface area contributed by atoms with Crippen molar-refractivity contribution >= 4 is 11.6 Å². The highest BCUT2D eigenvalue weighted by atomic mass is 16.2. The third-order valence-electron chi connectivity index (χ3n) is 6.24. The first-order chi connectivity index (χ1) is 13.7. The lowest BCUT2D eigenvalue weighted by Crippen LogP contribution is -2.55. The molecule has 0 unspecified atom stereocenters. The number of hydrogen-bond acceptors (Lipinski definition) is 3. The Kier molecular flexibility index (Phi) is 5.79. The van der Waals surface area contributed by atoms with E-state index in [4.69, 9.17) is 0 Å². The van der Waals surface area contributed by atoms with Gasteiger partial charge in [0.25, 0.3) is 0 Å². The molecule has 1 aliphatic heterocycles. The molecule has 0 spiro atoms. The molecule has 1 saturated carbocycles. The van der Waals surface area contributed by atoms with Crippen molar-refractivity contribution in [1.82, 2.24) is 9.80 Å². The Labute approximate surface area is 168 Å². The smallest absolute Gasteiger partial charge is 0.226 e. The second-order valence-corrected chi connectivity index (χ2v) is 8.14. The van der Waals surface area contributed by atoms with Gasteiger partial charge in [-0.3, -0.25) is 14.6 Å². The average molecular weight is 378 g/mol. The van der Waals surface area contributed by atoms with E-state index in [-0.39, 0.29) is 11.4 Å². The van der Waals surface area contributed by atoms with Crippen LogP contribution >= 0.6 is 0 Å². The molecule has 0 radical (unpaired) electrons.